The lowest BCUT2D eigenvalue weighted by Crippen LogP contribution is -2.44. The van der Waals surface area contributed by atoms with Gasteiger partial charge >= 0.3 is 6.18 Å². The maximum Gasteiger partial charge on any atom is 0.418 e. The first-order chi connectivity index (χ1) is 14.5. The van der Waals surface area contributed by atoms with Crippen LogP contribution in [0.3, 0.4) is 0 Å². The zero-order valence-electron chi connectivity index (χ0n) is 16.0. The molecule has 2 saturated heterocycles. The minimum Gasteiger partial charge on any atom is -0.383 e. The number of hydrogen-bond donors (Lipinski definition) is 2. The number of nitrogens with one attached hydrogen (secondary N) is 2. The van der Waals surface area contributed by atoms with Crippen LogP contribution in [0.4, 0.5) is 32.8 Å². The van der Waals surface area contributed by atoms with Crippen molar-refractivity contribution in [1.82, 2.24) is 9.88 Å². The molecule has 0 aliphatic carbocycles. The second kappa shape index (κ2) is 7.85. The molecule has 13 heteroatoms. The molecule has 6 nitrogen and oxygen atoms in total. The number of fused-ring (bicyclic) bond motifs is 1. The van der Waals surface area contributed by atoms with E-state index in [1.807, 2.05) is 9.62 Å². The summed E-state index contributed by atoms with van der Waals surface area (Å²) in [6.45, 7) is 1.10. The second-order valence-corrected chi connectivity index (χ2v) is 10.4. The number of nitrogens with zero attached hydrogens (tertiary/aromatic N) is 2. The van der Waals surface area contributed by atoms with Crippen LogP contribution in [0.15, 0.2) is 29.3 Å². The van der Waals surface area contributed by atoms with Gasteiger partial charge < -0.3 is 5.32 Å². The van der Waals surface area contributed by atoms with Gasteiger partial charge in [-0.1, -0.05) is 11.3 Å². The monoisotopic (exact) mass is 482 g/mol. The predicted octanol–water partition coefficient (Wildman–Crippen LogP) is 4.09. The maximum absolute atomic E-state index is 13.9. The largest absolute Gasteiger partial charge is 0.418 e. The van der Waals surface area contributed by atoms with E-state index in [0.29, 0.717) is 30.4 Å². The van der Waals surface area contributed by atoms with Crippen LogP contribution in [0.5, 0.6) is 0 Å². The molecule has 0 radical (unpaired) electrons. The topological polar surface area (TPSA) is 74.3 Å². The fourth-order valence-corrected chi connectivity index (χ4v) is 6.13. The van der Waals surface area contributed by atoms with Gasteiger partial charge in [-0.3, -0.25) is 9.62 Å². The van der Waals surface area contributed by atoms with E-state index in [9.17, 15) is 30.4 Å². The van der Waals surface area contributed by atoms with Gasteiger partial charge in [0.05, 0.1) is 16.7 Å². The number of hydrogen-bond acceptors (Lipinski definition) is 6. The number of thiazole rings is 1. The van der Waals surface area contributed by atoms with Crippen molar-refractivity contribution in [1.29, 1.82) is 0 Å². The first kappa shape index (κ1) is 22.2. The minimum absolute atomic E-state index is 0.124. The Hall–Kier alpha value is -1.99. The molecule has 170 valence electrons. The second-order valence-electron chi connectivity index (χ2n) is 7.71. The summed E-state index contributed by atoms with van der Waals surface area (Å²) in [6.07, 6.45) is -3.26. The van der Waals surface area contributed by atoms with Crippen molar-refractivity contribution in [2.75, 3.05) is 29.7 Å². The zero-order chi connectivity index (χ0) is 22.4. The summed E-state index contributed by atoms with van der Waals surface area (Å²) in [6, 6.07) is 2.59. The molecule has 1 aromatic carbocycles. The zero-order valence-corrected chi connectivity index (χ0v) is 17.7. The number of benzene rings is 1. The molecule has 2 atom stereocenters. The van der Waals surface area contributed by atoms with Crippen molar-refractivity contribution >= 4 is 32.2 Å². The molecule has 0 saturated carbocycles. The molecule has 2 aromatic rings. The highest BCUT2D eigenvalue weighted by Crippen LogP contribution is 2.42. The average molecular weight is 483 g/mol. The van der Waals surface area contributed by atoms with E-state index >= 15 is 0 Å². The van der Waals surface area contributed by atoms with Crippen molar-refractivity contribution in [2.45, 2.75) is 42.0 Å². The van der Waals surface area contributed by atoms with Gasteiger partial charge in [-0.2, -0.15) is 17.6 Å². The highest BCUT2D eigenvalue weighted by molar-refractivity contribution is 7.93. The summed E-state index contributed by atoms with van der Waals surface area (Å²) in [7, 11) is -4.41. The molecule has 0 spiro atoms. The summed E-state index contributed by atoms with van der Waals surface area (Å²) in [5.41, 5.74) is -1.98. The van der Waals surface area contributed by atoms with Crippen LogP contribution >= 0.6 is 11.3 Å². The lowest BCUT2D eigenvalue weighted by molar-refractivity contribution is -0.137. The quantitative estimate of drug-likeness (QED) is 0.607. The number of halogens is 5. The Morgan fingerprint density at radius 2 is 2.10 bits per heavy atom. The SMILES string of the molecule is O=S(=O)(Nc1ncc(F)s1)c1ccc(NC[C@@]23CCCN2C[C@H](F)C3)c(C(F)(F)F)c1. The number of aromatic nitrogens is 1. The molecule has 0 bridgehead atoms. The van der Waals surface area contributed by atoms with E-state index in [0.717, 1.165) is 24.8 Å². The molecular formula is C18H19F5N4O2S2. The van der Waals surface area contributed by atoms with Crippen molar-refractivity contribution in [3.8, 4) is 0 Å². The lowest BCUT2D eigenvalue weighted by atomic mass is 9.93. The summed E-state index contributed by atoms with van der Waals surface area (Å²) in [5.74, 6) is 0. The number of anilines is 2. The number of rotatable bonds is 6. The fraction of sp³-hybridized carbons (Fsp3) is 0.500. The van der Waals surface area contributed by atoms with Crippen LogP contribution in [0.2, 0.25) is 0 Å². The van der Waals surface area contributed by atoms with Crippen molar-refractivity contribution in [2.24, 2.45) is 0 Å². The van der Waals surface area contributed by atoms with Crippen LogP contribution in [0, 0.1) is 5.13 Å². The van der Waals surface area contributed by atoms with Gasteiger partial charge in [0.1, 0.15) is 6.17 Å². The number of alkyl halides is 4. The fourth-order valence-electron chi connectivity index (χ4n) is 4.31. The molecule has 0 amide bonds. The smallest absolute Gasteiger partial charge is 0.383 e. The van der Waals surface area contributed by atoms with Crippen molar-refractivity contribution in [3.05, 3.63) is 35.1 Å². The van der Waals surface area contributed by atoms with Crippen LogP contribution < -0.4 is 10.0 Å². The predicted molar refractivity (Wildman–Crippen MR) is 106 cm³/mol. The highest BCUT2D eigenvalue weighted by Gasteiger charge is 2.48. The molecule has 1 aromatic heterocycles. The third-order valence-electron chi connectivity index (χ3n) is 5.67. The molecule has 3 heterocycles. The molecule has 2 N–H and O–H groups in total. The minimum atomic E-state index is -4.83. The summed E-state index contributed by atoms with van der Waals surface area (Å²) < 4.78 is 94.9. The average Bonchev–Trinajstić information content (AvgIpc) is 3.32. The van der Waals surface area contributed by atoms with Gasteiger partial charge in [-0.15, -0.1) is 0 Å². The van der Waals surface area contributed by atoms with Gasteiger partial charge in [0.25, 0.3) is 10.0 Å². The Labute approximate surface area is 179 Å². The Balaban J connectivity index is 1.59. The van der Waals surface area contributed by atoms with E-state index < -0.39 is 43.5 Å². The van der Waals surface area contributed by atoms with E-state index in [2.05, 4.69) is 10.3 Å². The van der Waals surface area contributed by atoms with Crippen molar-refractivity contribution < 1.29 is 30.4 Å². The molecule has 2 aliphatic heterocycles. The van der Waals surface area contributed by atoms with E-state index in [-0.39, 0.29) is 30.3 Å². The Morgan fingerprint density at radius 3 is 2.77 bits per heavy atom. The van der Waals surface area contributed by atoms with E-state index in [1.54, 1.807) is 0 Å². The first-order valence-electron chi connectivity index (χ1n) is 9.47. The molecule has 31 heavy (non-hydrogen) atoms. The van der Waals surface area contributed by atoms with Gasteiger partial charge in [-0.05, 0) is 44.0 Å². The summed E-state index contributed by atoms with van der Waals surface area (Å²) in [4.78, 5) is 4.84. The number of sulfonamides is 1. The van der Waals surface area contributed by atoms with Gasteiger partial charge in [0.2, 0.25) is 0 Å². The molecular weight excluding hydrogens is 463 g/mol. The summed E-state index contributed by atoms with van der Waals surface area (Å²) >= 11 is 0.415. The molecule has 2 fully saturated rings. The lowest BCUT2D eigenvalue weighted by Gasteiger charge is -2.32. The van der Waals surface area contributed by atoms with Gasteiger partial charge in [0, 0.05) is 24.3 Å². The first-order valence-corrected chi connectivity index (χ1v) is 11.8. The Bertz CT molecular complexity index is 1080. The molecule has 2 aliphatic rings. The summed E-state index contributed by atoms with van der Waals surface area (Å²) in [5, 5.41) is 1.74. The van der Waals surface area contributed by atoms with Crippen LogP contribution in [0.1, 0.15) is 24.8 Å². The molecule has 4 rings (SSSR count). The third kappa shape index (κ3) is 4.48. The van der Waals surface area contributed by atoms with Crippen LogP contribution in [0.25, 0.3) is 0 Å². The Morgan fingerprint density at radius 1 is 1.32 bits per heavy atom. The Kier molecular flexibility index (Phi) is 5.63. The van der Waals surface area contributed by atoms with Gasteiger partial charge in [0.15, 0.2) is 10.3 Å². The normalized spacial score (nSPS) is 24.4. The van der Waals surface area contributed by atoms with Crippen LogP contribution in [-0.2, 0) is 16.2 Å². The van der Waals surface area contributed by atoms with E-state index in [1.165, 1.54) is 0 Å². The maximum atomic E-state index is 13.9. The van der Waals surface area contributed by atoms with E-state index in [4.69, 9.17) is 0 Å². The molecule has 0 unspecified atom stereocenters. The van der Waals surface area contributed by atoms with Crippen molar-refractivity contribution in [3.63, 3.8) is 0 Å². The highest BCUT2D eigenvalue weighted by atomic mass is 32.2. The third-order valence-corrected chi connectivity index (χ3v) is 7.84. The standard InChI is InChI=1S/C18H19F5N4O2S2/c19-11-7-17(4-1-5-27(17)9-11)10-25-14-3-2-12(6-13(14)18(21,22)23)31(28,29)26-16-24-8-15(20)30-16/h2-3,6,8,11,25H,1,4-5,7,9-10H2,(H,24,26)/t11-,17+/m1/s1. The van der Waals surface area contributed by atoms with Gasteiger partial charge in [-0.25, -0.2) is 17.8 Å². The van der Waals surface area contributed by atoms with Crippen LogP contribution in [-0.4, -0.2) is 49.6 Å².